The van der Waals surface area contributed by atoms with Gasteiger partial charge >= 0.3 is 6.01 Å². The molecule has 0 spiro atoms. The number of fused-ring (bicyclic) bond motifs is 1. The zero-order chi connectivity index (χ0) is 24.2. The Kier molecular flexibility index (Phi) is 7.26. The van der Waals surface area contributed by atoms with Gasteiger partial charge in [-0.1, -0.05) is 6.07 Å². The molecule has 0 atom stereocenters. The van der Waals surface area contributed by atoms with Crippen LogP contribution in [-0.2, 0) is 15.9 Å². The highest BCUT2D eigenvalue weighted by Gasteiger charge is 2.22. The number of aryl methyl sites for hydroxylation is 2. The Labute approximate surface area is 205 Å². The maximum atomic E-state index is 13.2. The fourth-order valence-corrected chi connectivity index (χ4v) is 4.58. The number of ether oxygens (including phenoxy) is 3. The molecule has 0 aliphatic carbocycles. The van der Waals surface area contributed by atoms with Crippen LogP contribution in [0.3, 0.4) is 0 Å². The highest BCUT2D eigenvalue weighted by Crippen LogP contribution is 2.24. The monoisotopic (exact) mass is 479 g/mol. The molecule has 9 heteroatoms. The van der Waals surface area contributed by atoms with E-state index in [4.69, 9.17) is 14.2 Å². The molecule has 2 aliphatic rings. The Morgan fingerprint density at radius 1 is 1.03 bits per heavy atom. The summed E-state index contributed by atoms with van der Waals surface area (Å²) in [5.41, 5.74) is 5.81. The molecule has 35 heavy (non-hydrogen) atoms. The number of amides is 1. The molecule has 0 unspecified atom stereocenters. The van der Waals surface area contributed by atoms with E-state index in [1.54, 1.807) is 11.0 Å². The van der Waals surface area contributed by atoms with Crippen molar-refractivity contribution in [1.29, 1.82) is 0 Å². The summed E-state index contributed by atoms with van der Waals surface area (Å²) in [6, 6.07) is 8.44. The molecule has 2 saturated heterocycles. The van der Waals surface area contributed by atoms with Crippen LogP contribution in [0.25, 0.3) is 10.9 Å². The molecule has 1 amide bonds. The predicted molar refractivity (Wildman–Crippen MR) is 132 cm³/mol. The topological polar surface area (TPSA) is 92.8 Å². The van der Waals surface area contributed by atoms with Crippen molar-refractivity contribution in [3.63, 3.8) is 0 Å². The summed E-state index contributed by atoms with van der Waals surface area (Å²) in [4.78, 5) is 29.8. The Hall–Kier alpha value is -3.01. The lowest BCUT2D eigenvalue weighted by Crippen LogP contribution is -2.41. The van der Waals surface area contributed by atoms with E-state index in [9.17, 15) is 4.79 Å². The third-order valence-corrected chi connectivity index (χ3v) is 6.78. The van der Waals surface area contributed by atoms with E-state index in [1.165, 1.54) is 16.6 Å². The second kappa shape index (κ2) is 10.7. The largest absolute Gasteiger partial charge is 0.462 e. The Bertz CT molecular complexity index is 1180. The van der Waals surface area contributed by atoms with E-state index in [2.05, 4.69) is 51.9 Å². The summed E-state index contributed by atoms with van der Waals surface area (Å²) in [5.74, 6) is -0.109. The van der Waals surface area contributed by atoms with E-state index in [0.717, 1.165) is 49.6 Å². The average molecular weight is 480 g/mol. The van der Waals surface area contributed by atoms with Crippen molar-refractivity contribution in [2.75, 3.05) is 65.8 Å². The van der Waals surface area contributed by atoms with Crippen molar-refractivity contribution < 1.29 is 19.0 Å². The number of nitrogens with one attached hydrogen (secondary N) is 1. The molecule has 3 aromatic rings. The third-order valence-electron chi connectivity index (χ3n) is 6.78. The number of carbonyl (C=O) groups excluding carboxylic acids is 1. The number of morpholine rings is 2. The normalized spacial score (nSPS) is 17.1. The molecule has 186 valence electrons. The molecule has 2 aromatic heterocycles. The summed E-state index contributed by atoms with van der Waals surface area (Å²) >= 11 is 0. The number of nitrogens with zero attached hydrogens (tertiary/aromatic N) is 4. The zero-order valence-corrected chi connectivity index (χ0v) is 20.5. The molecule has 1 aromatic carbocycles. The Morgan fingerprint density at radius 3 is 2.54 bits per heavy atom. The lowest BCUT2D eigenvalue weighted by Gasteiger charge is -2.27. The van der Waals surface area contributed by atoms with Gasteiger partial charge in [-0.2, -0.15) is 9.97 Å². The third kappa shape index (κ3) is 5.63. The van der Waals surface area contributed by atoms with Crippen LogP contribution in [0.5, 0.6) is 6.01 Å². The van der Waals surface area contributed by atoms with E-state index in [-0.39, 0.29) is 11.9 Å². The fraction of sp³-hybridized carbons (Fsp3) is 0.500. The average Bonchev–Trinajstić information content (AvgIpc) is 3.17. The first-order valence-electron chi connectivity index (χ1n) is 12.3. The van der Waals surface area contributed by atoms with Gasteiger partial charge in [0.1, 0.15) is 12.3 Å². The van der Waals surface area contributed by atoms with Crippen LogP contribution in [0.1, 0.15) is 33.0 Å². The summed E-state index contributed by atoms with van der Waals surface area (Å²) < 4.78 is 16.8. The number of H-pyrrole nitrogens is 1. The van der Waals surface area contributed by atoms with Crippen LogP contribution in [0.2, 0.25) is 0 Å². The maximum Gasteiger partial charge on any atom is 0.317 e. The van der Waals surface area contributed by atoms with Gasteiger partial charge in [-0.15, -0.1) is 0 Å². The minimum absolute atomic E-state index is 0.109. The molecular weight excluding hydrogens is 446 g/mol. The van der Waals surface area contributed by atoms with Crippen molar-refractivity contribution in [3.8, 4) is 6.01 Å². The number of hydrogen-bond acceptors (Lipinski definition) is 7. The van der Waals surface area contributed by atoms with Crippen LogP contribution < -0.4 is 4.74 Å². The van der Waals surface area contributed by atoms with Gasteiger partial charge in [0.15, 0.2) is 0 Å². The first-order chi connectivity index (χ1) is 17.1. The molecule has 2 fully saturated rings. The van der Waals surface area contributed by atoms with Crippen LogP contribution in [0.4, 0.5) is 0 Å². The standard InChI is InChI=1S/C26H33N5O4/c1-18-19(2)27-23-4-3-20(16-22(18)23)15-21-17-24(25(32)31-8-12-34-13-9-31)29-26(28-21)35-14-7-30-5-10-33-11-6-30/h3-4,16-17,27H,5-15H2,1-2H3. The highest BCUT2D eigenvalue weighted by atomic mass is 16.5. The van der Waals surface area contributed by atoms with Gasteiger partial charge in [0.25, 0.3) is 5.91 Å². The van der Waals surface area contributed by atoms with Gasteiger partial charge in [-0.25, -0.2) is 0 Å². The molecule has 2 aliphatic heterocycles. The van der Waals surface area contributed by atoms with Gasteiger partial charge < -0.3 is 24.1 Å². The smallest absolute Gasteiger partial charge is 0.317 e. The number of hydrogen-bond donors (Lipinski definition) is 1. The molecule has 5 rings (SSSR count). The van der Waals surface area contributed by atoms with Gasteiger partial charge in [-0.3, -0.25) is 9.69 Å². The van der Waals surface area contributed by atoms with Crippen molar-refractivity contribution in [2.45, 2.75) is 20.3 Å². The van der Waals surface area contributed by atoms with E-state index in [0.29, 0.717) is 45.0 Å². The quantitative estimate of drug-likeness (QED) is 0.556. The highest BCUT2D eigenvalue weighted by molar-refractivity contribution is 5.92. The van der Waals surface area contributed by atoms with Crippen LogP contribution in [0.15, 0.2) is 24.3 Å². The number of benzene rings is 1. The summed E-state index contributed by atoms with van der Waals surface area (Å²) in [6.07, 6.45) is 0.589. The minimum atomic E-state index is -0.109. The molecule has 0 saturated carbocycles. The fourth-order valence-electron chi connectivity index (χ4n) is 4.58. The molecule has 9 nitrogen and oxygen atoms in total. The second-order valence-electron chi connectivity index (χ2n) is 9.17. The summed E-state index contributed by atoms with van der Waals surface area (Å²) in [6.45, 7) is 10.9. The molecule has 0 bridgehead atoms. The molecule has 0 radical (unpaired) electrons. The zero-order valence-electron chi connectivity index (χ0n) is 20.5. The van der Waals surface area contributed by atoms with E-state index >= 15 is 0 Å². The van der Waals surface area contributed by atoms with Gasteiger partial charge in [0.05, 0.1) is 32.1 Å². The first kappa shape index (κ1) is 23.7. The van der Waals surface area contributed by atoms with Gasteiger partial charge in [0, 0.05) is 55.7 Å². The number of rotatable bonds is 7. The minimum Gasteiger partial charge on any atom is -0.462 e. The van der Waals surface area contributed by atoms with Gasteiger partial charge in [0.2, 0.25) is 0 Å². The van der Waals surface area contributed by atoms with Crippen molar-refractivity contribution in [2.24, 2.45) is 0 Å². The maximum absolute atomic E-state index is 13.2. The SMILES string of the molecule is Cc1[nH]c2ccc(Cc3cc(C(=O)N4CCOCC4)nc(OCCN4CCOCC4)n3)cc2c1C. The lowest BCUT2D eigenvalue weighted by atomic mass is 10.0. The number of aromatic nitrogens is 3. The summed E-state index contributed by atoms with van der Waals surface area (Å²) in [5, 5.41) is 1.21. The second-order valence-corrected chi connectivity index (χ2v) is 9.17. The van der Waals surface area contributed by atoms with Crippen molar-refractivity contribution in [1.82, 2.24) is 24.8 Å². The molecule has 1 N–H and O–H groups in total. The van der Waals surface area contributed by atoms with Crippen LogP contribution >= 0.6 is 0 Å². The number of carbonyl (C=O) groups is 1. The van der Waals surface area contributed by atoms with Crippen molar-refractivity contribution >= 4 is 16.8 Å². The Morgan fingerprint density at radius 2 is 1.77 bits per heavy atom. The molecule has 4 heterocycles. The van der Waals surface area contributed by atoms with E-state index < -0.39 is 0 Å². The van der Waals surface area contributed by atoms with Crippen LogP contribution in [0, 0.1) is 13.8 Å². The Balaban J connectivity index is 1.37. The van der Waals surface area contributed by atoms with Crippen LogP contribution in [-0.4, -0.2) is 96.4 Å². The van der Waals surface area contributed by atoms with E-state index in [1.807, 2.05) is 0 Å². The van der Waals surface area contributed by atoms with Gasteiger partial charge in [-0.05, 0) is 43.2 Å². The number of aromatic amines is 1. The molecular formula is C26H33N5O4. The first-order valence-corrected chi connectivity index (χ1v) is 12.3. The summed E-state index contributed by atoms with van der Waals surface area (Å²) in [7, 11) is 0. The van der Waals surface area contributed by atoms with Crippen molar-refractivity contribution in [3.05, 3.63) is 52.5 Å². The lowest BCUT2D eigenvalue weighted by molar-refractivity contribution is 0.0293. The predicted octanol–water partition coefficient (Wildman–Crippen LogP) is 2.35.